The molecule has 1 atom stereocenters. The highest BCUT2D eigenvalue weighted by molar-refractivity contribution is 14.0. The molecule has 0 saturated heterocycles. The number of carbonyl (C=O) groups excluding carboxylic acids is 1. The second-order valence-electron chi connectivity index (χ2n) is 5.82. The molecule has 0 aliphatic heterocycles. The van der Waals surface area contributed by atoms with Gasteiger partial charge in [0.15, 0.2) is 5.96 Å². The van der Waals surface area contributed by atoms with Crippen LogP contribution >= 0.6 is 47.2 Å². The molecule has 23 heavy (non-hydrogen) atoms. The summed E-state index contributed by atoms with van der Waals surface area (Å²) in [6.07, 6.45) is 0. The maximum atomic E-state index is 11.6. The standard InChI is InChI=1S/C15H21Cl2N3O2.HI/c1-9(11-6-5-10(16)7-12(11)17)20-14(18)19-8-13(21)22-15(2,3)4;/h5-7,9H,8H2,1-4H3,(H3,18,19,20);1H. The minimum absolute atomic E-state index is 0. The fraction of sp³-hybridized carbons (Fsp3) is 0.467. The third kappa shape index (κ3) is 8.62. The van der Waals surface area contributed by atoms with Gasteiger partial charge in [0, 0.05) is 10.0 Å². The second-order valence-corrected chi connectivity index (χ2v) is 6.66. The number of aliphatic imine (C=N–C) groups is 1. The summed E-state index contributed by atoms with van der Waals surface area (Å²) in [5.74, 6) is -0.293. The highest BCUT2D eigenvalue weighted by atomic mass is 127. The molecule has 0 aliphatic rings. The smallest absolute Gasteiger partial charge is 0.328 e. The lowest BCUT2D eigenvalue weighted by Gasteiger charge is -2.19. The van der Waals surface area contributed by atoms with Gasteiger partial charge < -0.3 is 15.8 Å². The Bertz CT molecular complexity index is 574. The maximum Gasteiger partial charge on any atom is 0.328 e. The van der Waals surface area contributed by atoms with Crippen molar-refractivity contribution in [1.82, 2.24) is 5.32 Å². The zero-order valence-corrected chi connectivity index (χ0v) is 17.4. The van der Waals surface area contributed by atoms with Gasteiger partial charge in [-0.25, -0.2) is 4.99 Å². The minimum atomic E-state index is -0.543. The van der Waals surface area contributed by atoms with Gasteiger partial charge in [0.1, 0.15) is 12.1 Å². The summed E-state index contributed by atoms with van der Waals surface area (Å²) in [7, 11) is 0. The van der Waals surface area contributed by atoms with Crippen LogP contribution in [0.1, 0.15) is 39.3 Å². The van der Waals surface area contributed by atoms with Gasteiger partial charge in [0.05, 0.1) is 6.04 Å². The zero-order valence-electron chi connectivity index (χ0n) is 13.5. The van der Waals surface area contributed by atoms with Gasteiger partial charge in [0.2, 0.25) is 0 Å². The monoisotopic (exact) mass is 473 g/mol. The van der Waals surface area contributed by atoms with E-state index in [9.17, 15) is 4.79 Å². The van der Waals surface area contributed by atoms with Crippen molar-refractivity contribution in [3.05, 3.63) is 33.8 Å². The van der Waals surface area contributed by atoms with Crippen LogP contribution in [-0.4, -0.2) is 24.1 Å². The van der Waals surface area contributed by atoms with Crippen molar-refractivity contribution < 1.29 is 9.53 Å². The van der Waals surface area contributed by atoms with E-state index in [0.29, 0.717) is 10.0 Å². The summed E-state index contributed by atoms with van der Waals surface area (Å²) in [4.78, 5) is 15.5. The van der Waals surface area contributed by atoms with Crippen LogP contribution in [0.25, 0.3) is 0 Å². The normalized spacial score (nSPS) is 13.0. The van der Waals surface area contributed by atoms with E-state index in [4.69, 9.17) is 33.7 Å². The van der Waals surface area contributed by atoms with Crippen LogP contribution in [0, 0.1) is 0 Å². The molecule has 8 heteroatoms. The Balaban J connectivity index is 0.00000484. The molecule has 0 heterocycles. The van der Waals surface area contributed by atoms with E-state index >= 15 is 0 Å². The molecule has 0 spiro atoms. The van der Waals surface area contributed by atoms with Crippen molar-refractivity contribution in [2.45, 2.75) is 39.3 Å². The topological polar surface area (TPSA) is 76.7 Å². The lowest BCUT2D eigenvalue weighted by atomic mass is 10.1. The number of guanidine groups is 1. The van der Waals surface area contributed by atoms with Crippen LogP contribution in [-0.2, 0) is 9.53 Å². The first-order chi connectivity index (χ1) is 10.1. The Morgan fingerprint density at radius 2 is 2.00 bits per heavy atom. The first-order valence-electron chi connectivity index (χ1n) is 6.82. The number of nitrogens with one attached hydrogen (secondary N) is 1. The molecule has 3 N–H and O–H groups in total. The second kappa shape index (κ2) is 9.54. The molecular formula is C15H22Cl2IN3O2. The van der Waals surface area contributed by atoms with Crippen LogP contribution in [0.15, 0.2) is 23.2 Å². The van der Waals surface area contributed by atoms with E-state index in [-0.39, 0.29) is 42.5 Å². The van der Waals surface area contributed by atoms with Crippen molar-refractivity contribution in [3.8, 4) is 0 Å². The number of rotatable bonds is 4. The van der Waals surface area contributed by atoms with Crippen molar-refractivity contribution >= 4 is 59.1 Å². The van der Waals surface area contributed by atoms with Crippen molar-refractivity contribution in [2.24, 2.45) is 10.7 Å². The number of hydrogen-bond donors (Lipinski definition) is 2. The van der Waals surface area contributed by atoms with Gasteiger partial charge in [-0.1, -0.05) is 29.3 Å². The Kier molecular flexibility index (Phi) is 9.24. The predicted molar refractivity (Wildman–Crippen MR) is 106 cm³/mol. The fourth-order valence-electron chi connectivity index (χ4n) is 1.72. The van der Waals surface area contributed by atoms with E-state index in [1.807, 2.05) is 13.0 Å². The highest BCUT2D eigenvalue weighted by Gasteiger charge is 2.16. The lowest BCUT2D eigenvalue weighted by Crippen LogP contribution is -2.35. The van der Waals surface area contributed by atoms with E-state index < -0.39 is 11.6 Å². The highest BCUT2D eigenvalue weighted by Crippen LogP contribution is 2.25. The van der Waals surface area contributed by atoms with E-state index in [0.717, 1.165) is 5.56 Å². The molecule has 0 fully saturated rings. The molecule has 1 unspecified atom stereocenters. The molecule has 0 bridgehead atoms. The Hall–Kier alpha value is -0.730. The molecular weight excluding hydrogens is 452 g/mol. The van der Waals surface area contributed by atoms with Gasteiger partial charge in [-0.05, 0) is 45.4 Å². The predicted octanol–water partition coefficient (Wildman–Crippen LogP) is 3.92. The molecule has 1 aromatic carbocycles. The van der Waals surface area contributed by atoms with Crippen molar-refractivity contribution in [3.63, 3.8) is 0 Å². The summed E-state index contributed by atoms with van der Waals surface area (Å²) in [5, 5.41) is 4.06. The largest absolute Gasteiger partial charge is 0.459 e. The molecule has 0 aromatic heterocycles. The number of ether oxygens (including phenoxy) is 1. The summed E-state index contributed by atoms with van der Waals surface area (Å²) >= 11 is 12.0. The lowest BCUT2D eigenvalue weighted by molar-refractivity contribution is -0.152. The molecule has 0 saturated carbocycles. The third-order valence-electron chi connectivity index (χ3n) is 2.59. The van der Waals surface area contributed by atoms with Crippen LogP contribution in [0.3, 0.4) is 0 Å². The van der Waals surface area contributed by atoms with Gasteiger partial charge in [-0.15, -0.1) is 24.0 Å². The molecule has 1 aromatic rings. The third-order valence-corrected chi connectivity index (χ3v) is 3.15. The van der Waals surface area contributed by atoms with Gasteiger partial charge in [0.25, 0.3) is 0 Å². The summed E-state index contributed by atoms with van der Waals surface area (Å²) in [6.45, 7) is 7.12. The molecule has 130 valence electrons. The average Bonchev–Trinajstić information content (AvgIpc) is 2.34. The van der Waals surface area contributed by atoms with Gasteiger partial charge in [-0.2, -0.15) is 0 Å². The summed E-state index contributed by atoms with van der Waals surface area (Å²) in [6, 6.07) is 5.04. The van der Waals surface area contributed by atoms with Gasteiger partial charge in [-0.3, -0.25) is 4.79 Å². The van der Waals surface area contributed by atoms with Crippen molar-refractivity contribution in [1.29, 1.82) is 0 Å². The minimum Gasteiger partial charge on any atom is -0.459 e. The number of carbonyl (C=O) groups is 1. The number of hydrogen-bond acceptors (Lipinski definition) is 3. The summed E-state index contributed by atoms with van der Waals surface area (Å²) in [5.41, 5.74) is 6.06. The van der Waals surface area contributed by atoms with E-state index in [1.165, 1.54) is 0 Å². The molecule has 0 aliphatic carbocycles. The number of nitrogens with zero attached hydrogens (tertiary/aromatic N) is 1. The molecule has 5 nitrogen and oxygen atoms in total. The van der Waals surface area contributed by atoms with Crippen LogP contribution < -0.4 is 11.1 Å². The van der Waals surface area contributed by atoms with E-state index in [1.54, 1.807) is 32.9 Å². The molecule has 0 amide bonds. The Labute approximate surface area is 164 Å². The van der Waals surface area contributed by atoms with E-state index in [2.05, 4.69) is 10.3 Å². The number of halogens is 3. The Morgan fingerprint density at radius 3 is 2.52 bits per heavy atom. The maximum absolute atomic E-state index is 11.6. The average molecular weight is 474 g/mol. The van der Waals surface area contributed by atoms with Crippen molar-refractivity contribution in [2.75, 3.05) is 6.54 Å². The van der Waals surface area contributed by atoms with Gasteiger partial charge >= 0.3 is 5.97 Å². The molecule has 0 radical (unpaired) electrons. The Morgan fingerprint density at radius 1 is 1.39 bits per heavy atom. The number of esters is 1. The zero-order chi connectivity index (χ0) is 16.9. The number of benzene rings is 1. The first-order valence-corrected chi connectivity index (χ1v) is 7.57. The van der Waals surface area contributed by atoms with Crippen LogP contribution in [0.2, 0.25) is 10.0 Å². The quantitative estimate of drug-likeness (QED) is 0.300. The van der Waals surface area contributed by atoms with Crippen LogP contribution in [0.4, 0.5) is 0 Å². The first kappa shape index (κ1) is 22.3. The fourth-order valence-corrected chi connectivity index (χ4v) is 2.29. The molecule has 1 rings (SSSR count). The van der Waals surface area contributed by atoms with Crippen LogP contribution in [0.5, 0.6) is 0 Å². The SMILES string of the molecule is CC(NC(N)=NCC(=O)OC(C)(C)C)c1ccc(Cl)cc1Cl.I. The number of nitrogens with two attached hydrogens (primary N) is 1. The summed E-state index contributed by atoms with van der Waals surface area (Å²) < 4.78 is 5.14.